The molecule has 0 unspecified atom stereocenters. The highest BCUT2D eigenvalue weighted by atomic mass is 32.2. The molecule has 6 aromatic carbocycles. The van der Waals surface area contributed by atoms with Crippen molar-refractivity contribution in [1.29, 1.82) is 5.26 Å². The molecular weight excluding hydrogens is 637 g/mol. The van der Waals surface area contributed by atoms with Gasteiger partial charge >= 0.3 is 0 Å². The first kappa shape index (κ1) is 29.5. The average Bonchev–Trinajstić information content (AvgIpc) is 3.53. The first-order valence-corrected chi connectivity index (χ1v) is 17.8. The SMILES string of the molecule is CC1(C)c2ccccc2Sc2c(C#N)cc(-c3ccc(-c4nc(-c5ccccc5)nc(-c5ccc6c(c5)sc5ccccc56)n4)cc3)cc21. The minimum Gasteiger partial charge on any atom is -0.208 e. The molecule has 49 heavy (non-hydrogen) atoms. The van der Waals surface area contributed by atoms with E-state index in [1.165, 1.54) is 36.2 Å². The van der Waals surface area contributed by atoms with Gasteiger partial charge in [0.2, 0.25) is 0 Å². The van der Waals surface area contributed by atoms with Gasteiger partial charge in [-0.15, -0.1) is 11.3 Å². The van der Waals surface area contributed by atoms with Crippen molar-refractivity contribution in [3.05, 3.63) is 150 Å². The molecule has 0 saturated heterocycles. The van der Waals surface area contributed by atoms with Gasteiger partial charge in [0.1, 0.15) is 6.07 Å². The van der Waals surface area contributed by atoms with Gasteiger partial charge in [-0.1, -0.05) is 129 Å². The van der Waals surface area contributed by atoms with Crippen molar-refractivity contribution in [1.82, 2.24) is 15.0 Å². The summed E-state index contributed by atoms with van der Waals surface area (Å²) in [6.45, 7) is 4.50. The number of hydrogen-bond acceptors (Lipinski definition) is 6. The third-order valence-corrected chi connectivity index (χ3v) is 11.8. The summed E-state index contributed by atoms with van der Waals surface area (Å²) in [6, 6.07) is 48.7. The van der Waals surface area contributed by atoms with E-state index in [1.54, 1.807) is 23.1 Å². The van der Waals surface area contributed by atoms with Gasteiger partial charge in [-0.25, -0.2) is 15.0 Å². The lowest BCUT2D eigenvalue weighted by Gasteiger charge is -2.35. The van der Waals surface area contributed by atoms with Crippen LogP contribution in [0.3, 0.4) is 0 Å². The highest BCUT2D eigenvalue weighted by molar-refractivity contribution is 7.99. The van der Waals surface area contributed by atoms with Gasteiger partial charge in [0.05, 0.1) is 5.56 Å². The second-order valence-corrected chi connectivity index (χ2v) is 14.9. The van der Waals surface area contributed by atoms with Crippen LogP contribution >= 0.6 is 23.1 Å². The van der Waals surface area contributed by atoms with Crippen LogP contribution in [0.15, 0.2) is 143 Å². The van der Waals surface area contributed by atoms with Crippen LogP contribution in [-0.4, -0.2) is 15.0 Å². The summed E-state index contributed by atoms with van der Waals surface area (Å²) in [5.74, 6) is 1.89. The predicted molar refractivity (Wildman–Crippen MR) is 202 cm³/mol. The lowest BCUT2D eigenvalue weighted by Crippen LogP contribution is -2.24. The van der Waals surface area contributed by atoms with Crippen LogP contribution < -0.4 is 0 Å². The number of nitrogens with zero attached hydrogens (tertiary/aromatic N) is 4. The molecule has 3 heterocycles. The molecule has 232 valence electrons. The Labute approximate surface area is 292 Å². The fourth-order valence-electron chi connectivity index (χ4n) is 6.81. The van der Waals surface area contributed by atoms with E-state index in [4.69, 9.17) is 15.0 Å². The van der Waals surface area contributed by atoms with E-state index in [-0.39, 0.29) is 5.41 Å². The van der Waals surface area contributed by atoms with E-state index >= 15 is 0 Å². The summed E-state index contributed by atoms with van der Waals surface area (Å²) < 4.78 is 2.47. The molecule has 0 atom stereocenters. The van der Waals surface area contributed by atoms with Crippen LogP contribution in [0.25, 0.3) is 65.5 Å². The molecule has 0 radical (unpaired) electrons. The molecule has 4 nitrogen and oxygen atoms in total. The van der Waals surface area contributed by atoms with Crippen molar-refractivity contribution >= 4 is 43.3 Å². The largest absolute Gasteiger partial charge is 0.208 e. The molecule has 2 aromatic heterocycles. The monoisotopic (exact) mass is 664 g/mol. The average molecular weight is 665 g/mol. The number of rotatable bonds is 4. The zero-order valence-corrected chi connectivity index (χ0v) is 28.4. The summed E-state index contributed by atoms with van der Waals surface area (Å²) >= 11 is 3.48. The Morgan fingerprint density at radius 1 is 0.531 bits per heavy atom. The maximum absolute atomic E-state index is 10.2. The van der Waals surface area contributed by atoms with Crippen LogP contribution in [0.4, 0.5) is 0 Å². The molecule has 0 amide bonds. The lowest BCUT2D eigenvalue weighted by atomic mass is 9.76. The van der Waals surface area contributed by atoms with E-state index in [0.717, 1.165) is 32.7 Å². The van der Waals surface area contributed by atoms with Crippen molar-refractivity contribution in [3.8, 4) is 51.4 Å². The molecule has 0 bridgehead atoms. The minimum atomic E-state index is -0.229. The Kier molecular flexibility index (Phi) is 6.94. The van der Waals surface area contributed by atoms with Crippen molar-refractivity contribution in [2.45, 2.75) is 29.1 Å². The zero-order chi connectivity index (χ0) is 33.1. The topological polar surface area (TPSA) is 62.5 Å². The molecular formula is C43H28N4S2. The van der Waals surface area contributed by atoms with Gasteiger partial charge in [-0.3, -0.25) is 0 Å². The summed E-state index contributed by atoms with van der Waals surface area (Å²) in [4.78, 5) is 17.2. The van der Waals surface area contributed by atoms with Crippen molar-refractivity contribution in [3.63, 3.8) is 0 Å². The third kappa shape index (κ3) is 5.02. The molecule has 0 N–H and O–H groups in total. The molecule has 6 heteroatoms. The Morgan fingerprint density at radius 2 is 1.14 bits per heavy atom. The molecule has 0 fully saturated rings. The van der Waals surface area contributed by atoms with Crippen LogP contribution in [-0.2, 0) is 5.41 Å². The Balaban J connectivity index is 1.13. The summed E-state index contributed by atoms with van der Waals surface area (Å²) in [6.07, 6.45) is 0. The summed E-state index contributed by atoms with van der Waals surface area (Å²) in [7, 11) is 0. The first-order chi connectivity index (χ1) is 24.0. The van der Waals surface area contributed by atoms with Crippen LogP contribution in [0.1, 0.15) is 30.5 Å². The number of aromatic nitrogens is 3. The molecule has 1 aliphatic rings. The molecule has 0 aliphatic carbocycles. The number of thiophene rings is 1. The predicted octanol–water partition coefficient (Wildman–Crippen LogP) is 11.6. The van der Waals surface area contributed by atoms with E-state index in [0.29, 0.717) is 23.0 Å². The second kappa shape index (κ2) is 11.5. The van der Waals surface area contributed by atoms with Gasteiger partial charge in [-0.2, -0.15) is 5.26 Å². The first-order valence-electron chi connectivity index (χ1n) is 16.2. The Bertz CT molecular complexity index is 2620. The summed E-state index contributed by atoms with van der Waals surface area (Å²) in [5, 5.41) is 12.7. The van der Waals surface area contributed by atoms with E-state index in [2.05, 4.69) is 117 Å². The van der Waals surface area contributed by atoms with Gasteiger partial charge in [0, 0.05) is 52.1 Å². The quantitative estimate of drug-likeness (QED) is 0.187. The van der Waals surface area contributed by atoms with Gasteiger partial charge in [-0.05, 0) is 52.6 Å². The van der Waals surface area contributed by atoms with Crippen LogP contribution in [0.5, 0.6) is 0 Å². The third-order valence-electron chi connectivity index (χ3n) is 9.44. The van der Waals surface area contributed by atoms with Crippen molar-refractivity contribution < 1.29 is 0 Å². The second-order valence-electron chi connectivity index (χ2n) is 12.8. The lowest BCUT2D eigenvalue weighted by molar-refractivity contribution is 0.607. The molecule has 0 spiro atoms. The van der Waals surface area contributed by atoms with Gasteiger partial charge in [0.15, 0.2) is 17.5 Å². The maximum Gasteiger partial charge on any atom is 0.164 e. The molecule has 9 rings (SSSR count). The number of hydrogen-bond donors (Lipinski definition) is 0. The maximum atomic E-state index is 10.2. The standard InChI is InChI=1S/C43H28N4S2/c1-43(2)34-13-7-9-15-37(34)49-39-31(25-44)22-30(23-35(39)43)26-16-18-28(19-17-26)41-45-40(27-10-4-3-5-11-27)46-42(47-41)29-20-21-33-32-12-6-8-14-36(32)48-38(33)24-29/h3-24H,1-2H3. The van der Waals surface area contributed by atoms with E-state index in [9.17, 15) is 5.26 Å². The Morgan fingerprint density at radius 3 is 1.92 bits per heavy atom. The van der Waals surface area contributed by atoms with Gasteiger partial charge < -0.3 is 0 Å². The van der Waals surface area contributed by atoms with Crippen LogP contribution in [0, 0.1) is 11.3 Å². The summed E-state index contributed by atoms with van der Waals surface area (Å²) in [5.41, 5.74) is 7.79. The van der Waals surface area contributed by atoms with Crippen LogP contribution in [0.2, 0.25) is 0 Å². The minimum absolute atomic E-state index is 0.229. The van der Waals surface area contributed by atoms with E-state index in [1.807, 2.05) is 36.4 Å². The molecule has 1 aliphatic heterocycles. The van der Waals surface area contributed by atoms with Crippen molar-refractivity contribution in [2.24, 2.45) is 0 Å². The van der Waals surface area contributed by atoms with E-state index < -0.39 is 0 Å². The fraction of sp³-hybridized carbons (Fsp3) is 0.0698. The molecule has 0 saturated carbocycles. The van der Waals surface area contributed by atoms with Crippen molar-refractivity contribution in [2.75, 3.05) is 0 Å². The Hall–Kier alpha value is -5.61. The highest BCUT2D eigenvalue weighted by Crippen LogP contribution is 2.51. The fourth-order valence-corrected chi connectivity index (χ4v) is 9.39. The normalized spacial score (nSPS) is 13.2. The zero-order valence-electron chi connectivity index (χ0n) is 26.8. The smallest absolute Gasteiger partial charge is 0.164 e. The highest BCUT2D eigenvalue weighted by Gasteiger charge is 2.34. The van der Waals surface area contributed by atoms with Gasteiger partial charge in [0.25, 0.3) is 0 Å². The number of fused-ring (bicyclic) bond motifs is 5. The number of benzene rings is 6. The molecule has 8 aromatic rings. The number of nitriles is 1.